The van der Waals surface area contributed by atoms with E-state index in [-0.39, 0.29) is 11.7 Å². The minimum absolute atomic E-state index is 0.0617. The molecule has 0 atom stereocenters. The van der Waals surface area contributed by atoms with Gasteiger partial charge in [0.2, 0.25) is 11.1 Å². The fraction of sp³-hybridized carbons (Fsp3) is 0.286. The predicted octanol–water partition coefficient (Wildman–Crippen LogP) is 2.70. The monoisotopic (exact) mass is 426 g/mol. The highest BCUT2D eigenvalue weighted by atomic mass is 32.2. The first-order valence-corrected chi connectivity index (χ1v) is 10.5. The fourth-order valence-corrected chi connectivity index (χ4v) is 3.59. The minimum Gasteiger partial charge on any atom is -0.497 e. The van der Waals surface area contributed by atoms with E-state index in [4.69, 9.17) is 14.2 Å². The predicted molar refractivity (Wildman–Crippen MR) is 113 cm³/mol. The number of H-pyrrole nitrogens is 1. The number of nitrogens with one attached hydrogen (secondary N) is 2. The number of aromatic nitrogens is 3. The van der Waals surface area contributed by atoms with Crippen LogP contribution in [0.3, 0.4) is 0 Å². The van der Waals surface area contributed by atoms with Gasteiger partial charge in [0.15, 0.2) is 17.3 Å². The molecule has 0 radical (unpaired) electrons. The van der Waals surface area contributed by atoms with Crippen LogP contribution >= 0.6 is 11.8 Å². The van der Waals surface area contributed by atoms with Gasteiger partial charge in [0, 0.05) is 12.1 Å². The Balaban J connectivity index is 1.22. The number of fused-ring (bicyclic) bond motifs is 1. The average Bonchev–Trinajstić information content (AvgIpc) is 3.27. The van der Waals surface area contributed by atoms with Crippen molar-refractivity contribution in [2.45, 2.75) is 11.6 Å². The van der Waals surface area contributed by atoms with Crippen LogP contribution in [0.5, 0.6) is 17.2 Å². The maximum absolute atomic E-state index is 12.1. The molecular weight excluding hydrogens is 404 g/mol. The number of carbonyl (C=O) groups excluding carboxylic acids is 1. The summed E-state index contributed by atoms with van der Waals surface area (Å²) in [5.74, 6) is 3.15. The Morgan fingerprint density at radius 2 is 1.97 bits per heavy atom. The van der Waals surface area contributed by atoms with Gasteiger partial charge >= 0.3 is 0 Å². The summed E-state index contributed by atoms with van der Waals surface area (Å²) in [6.07, 6.45) is 0.718. The van der Waals surface area contributed by atoms with E-state index in [2.05, 4.69) is 20.5 Å². The quantitative estimate of drug-likeness (QED) is 0.535. The average molecular weight is 426 g/mol. The van der Waals surface area contributed by atoms with Crippen LogP contribution < -0.4 is 19.5 Å². The normalized spacial score (nSPS) is 12.4. The van der Waals surface area contributed by atoms with Gasteiger partial charge in [0.1, 0.15) is 19.0 Å². The number of rotatable bonds is 8. The number of methoxy groups -OCH3 is 1. The fourth-order valence-electron chi connectivity index (χ4n) is 2.96. The van der Waals surface area contributed by atoms with E-state index in [1.807, 2.05) is 42.5 Å². The molecule has 3 aromatic rings. The summed E-state index contributed by atoms with van der Waals surface area (Å²) in [5.41, 5.74) is 1.99. The summed E-state index contributed by atoms with van der Waals surface area (Å²) < 4.78 is 16.3. The van der Waals surface area contributed by atoms with E-state index in [0.717, 1.165) is 34.8 Å². The summed E-state index contributed by atoms with van der Waals surface area (Å²) in [4.78, 5) is 16.6. The Labute approximate surface area is 178 Å². The lowest BCUT2D eigenvalue weighted by atomic mass is 10.1. The summed E-state index contributed by atoms with van der Waals surface area (Å²) >= 11 is 1.29. The lowest BCUT2D eigenvalue weighted by Gasteiger charge is -2.18. The van der Waals surface area contributed by atoms with Crippen molar-refractivity contribution in [3.05, 3.63) is 48.0 Å². The van der Waals surface area contributed by atoms with E-state index >= 15 is 0 Å². The van der Waals surface area contributed by atoms with Crippen LogP contribution in [0.2, 0.25) is 0 Å². The molecule has 0 aliphatic carbocycles. The van der Waals surface area contributed by atoms with E-state index in [1.165, 1.54) is 11.8 Å². The molecule has 0 saturated carbocycles. The van der Waals surface area contributed by atoms with Crippen LogP contribution in [-0.4, -0.2) is 53.7 Å². The molecule has 0 bridgehead atoms. The number of benzene rings is 2. The van der Waals surface area contributed by atoms with Crippen molar-refractivity contribution < 1.29 is 19.0 Å². The Hall–Kier alpha value is -3.20. The Morgan fingerprint density at radius 3 is 2.77 bits per heavy atom. The third-order valence-corrected chi connectivity index (χ3v) is 5.35. The number of hydrogen-bond donors (Lipinski definition) is 2. The third kappa shape index (κ3) is 5.04. The van der Waals surface area contributed by atoms with E-state index in [0.29, 0.717) is 30.7 Å². The van der Waals surface area contributed by atoms with E-state index < -0.39 is 0 Å². The van der Waals surface area contributed by atoms with Gasteiger partial charge in [-0.05, 0) is 48.4 Å². The minimum atomic E-state index is -0.0617. The standard InChI is InChI=1S/C21H22N4O4S/c1-27-16-5-3-15(4-6-16)20-23-21(25-24-20)30-13-19(26)22-9-8-14-2-7-17-18(12-14)29-11-10-28-17/h2-7,12H,8-11,13H2,1H3,(H,22,26)(H,23,24,25). The van der Waals surface area contributed by atoms with Crippen molar-refractivity contribution in [2.24, 2.45) is 0 Å². The number of nitrogens with zero attached hydrogens (tertiary/aromatic N) is 2. The molecule has 8 nitrogen and oxygen atoms in total. The van der Waals surface area contributed by atoms with Gasteiger partial charge in [-0.15, -0.1) is 5.10 Å². The molecule has 1 aromatic heterocycles. The first-order valence-electron chi connectivity index (χ1n) is 9.56. The van der Waals surface area contributed by atoms with Crippen molar-refractivity contribution in [3.8, 4) is 28.6 Å². The van der Waals surface area contributed by atoms with Gasteiger partial charge < -0.3 is 19.5 Å². The summed E-state index contributed by atoms with van der Waals surface area (Å²) in [6, 6.07) is 13.4. The Kier molecular flexibility index (Phi) is 6.38. The first-order chi connectivity index (χ1) is 14.7. The van der Waals surface area contributed by atoms with Crippen LogP contribution in [-0.2, 0) is 11.2 Å². The third-order valence-electron chi connectivity index (χ3n) is 4.50. The second-order valence-electron chi connectivity index (χ2n) is 6.56. The molecule has 30 heavy (non-hydrogen) atoms. The molecule has 2 aromatic carbocycles. The zero-order valence-corrected chi connectivity index (χ0v) is 17.3. The lowest BCUT2D eigenvalue weighted by molar-refractivity contribution is -0.118. The van der Waals surface area contributed by atoms with Gasteiger partial charge in [-0.2, -0.15) is 0 Å². The molecule has 0 fully saturated rings. The Bertz CT molecular complexity index is 1010. The number of amides is 1. The molecule has 1 aliphatic heterocycles. The van der Waals surface area contributed by atoms with Gasteiger partial charge in [0.25, 0.3) is 0 Å². The van der Waals surface area contributed by atoms with Gasteiger partial charge in [-0.3, -0.25) is 9.89 Å². The smallest absolute Gasteiger partial charge is 0.230 e. The van der Waals surface area contributed by atoms with Crippen molar-refractivity contribution in [3.63, 3.8) is 0 Å². The van der Waals surface area contributed by atoms with Crippen molar-refractivity contribution in [1.29, 1.82) is 0 Å². The van der Waals surface area contributed by atoms with E-state index in [1.54, 1.807) is 7.11 Å². The van der Waals surface area contributed by atoms with Gasteiger partial charge in [0.05, 0.1) is 12.9 Å². The van der Waals surface area contributed by atoms with Crippen molar-refractivity contribution >= 4 is 17.7 Å². The topological polar surface area (TPSA) is 98.4 Å². The van der Waals surface area contributed by atoms with Crippen molar-refractivity contribution in [1.82, 2.24) is 20.5 Å². The van der Waals surface area contributed by atoms with Gasteiger partial charge in [-0.25, -0.2) is 4.98 Å². The number of aromatic amines is 1. The first kappa shape index (κ1) is 20.1. The van der Waals surface area contributed by atoms with Crippen LogP contribution in [0.15, 0.2) is 47.6 Å². The van der Waals surface area contributed by atoms with E-state index in [9.17, 15) is 4.79 Å². The highest BCUT2D eigenvalue weighted by Gasteiger charge is 2.12. The SMILES string of the molecule is COc1ccc(-c2nc(SCC(=O)NCCc3ccc4c(c3)OCCO4)n[nH]2)cc1. The summed E-state index contributed by atoms with van der Waals surface area (Å²) in [6.45, 7) is 1.68. The number of hydrogen-bond acceptors (Lipinski definition) is 7. The molecule has 9 heteroatoms. The molecular formula is C21H22N4O4S. The van der Waals surface area contributed by atoms with Crippen molar-refractivity contribution in [2.75, 3.05) is 32.6 Å². The van der Waals surface area contributed by atoms with Crippen LogP contribution in [0.4, 0.5) is 0 Å². The zero-order valence-electron chi connectivity index (χ0n) is 16.5. The highest BCUT2D eigenvalue weighted by Crippen LogP contribution is 2.30. The molecule has 0 saturated heterocycles. The Morgan fingerprint density at radius 1 is 1.17 bits per heavy atom. The molecule has 1 amide bonds. The second-order valence-corrected chi connectivity index (χ2v) is 7.50. The molecule has 0 unspecified atom stereocenters. The molecule has 4 rings (SSSR count). The second kappa shape index (κ2) is 9.53. The number of thioether (sulfide) groups is 1. The molecule has 156 valence electrons. The van der Waals surface area contributed by atoms with Crippen LogP contribution in [0.1, 0.15) is 5.56 Å². The lowest BCUT2D eigenvalue weighted by Crippen LogP contribution is -2.27. The number of carbonyl (C=O) groups is 1. The summed E-state index contributed by atoms with van der Waals surface area (Å²) in [7, 11) is 1.62. The van der Waals surface area contributed by atoms with Gasteiger partial charge in [-0.1, -0.05) is 17.8 Å². The molecule has 1 aliphatic rings. The largest absolute Gasteiger partial charge is 0.497 e. The summed E-state index contributed by atoms with van der Waals surface area (Å²) in [5, 5.41) is 10.5. The van der Waals surface area contributed by atoms with Crippen LogP contribution in [0, 0.1) is 0 Å². The molecule has 0 spiro atoms. The molecule has 2 heterocycles. The highest BCUT2D eigenvalue weighted by molar-refractivity contribution is 7.99. The zero-order chi connectivity index (χ0) is 20.8. The van der Waals surface area contributed by atoms with Crippen LogP contribution in [0.25, 0.3) is 11.4 Å². The maximum Gasteiger partial charge on any atom is 0.230 e. The molecule has 2 N–H and O–H groups in total. The maximum atomic E-state index is 12.1. The number of ether oxygens (including phenoxy) is 3.